The number of carboxylic acids is 1. The average Bonchev–Trinajstić information content (AvgIpc) is 3.04. The minimum absolute atomic E-state index is 0.0456. The summed E-state index contributed by atoms with van der Waals surface area (Å²) in [5.74, 6) is -2.18. The summed E-state index contributed by atoms with van der Waals surface area (Å²) < 4.78 is 44.1. The van der Waals surface area contributed by atoms with Gasteiger partial charge in [-0.05, 0) is 25.1 Å². The Morgan fingerprint density at radius 3 is 2.62 bits per heavy atom. The number of amides is 1. The lowest BCUT2D eigenvalue weighted by atomic mass is 10.0. The van der Waals surface area contributed by atoms with Crippen LogP contribution in [0.5, 0.6) is 0 Å². The number of hydrogen-bond donors (Lipinski definition) is 2. The highest BCUT2D eigenvalue weighted by Gasteiger charge is 2.36. The molecule has 0 aliphatic rings. The zero-order valence-electron chi connectivity index (χ0n) is 13.7. The summed E-state index contributed by atoms with van der Waals surface area (Å²) >= 11 is 0. The van der Waals surface area contributed by atoms with Crippen LogP contribution in [0.1, 0.15) is 23.0 Å². The molecule has 0 aliphatic carbocycles. The maximum absolute atomic E-state index is 12.8. The molecule has 0 spiro atoms. The van der Waals surface area contributed by atoms with Crippen LogP contribution in [0.4, 0.5) is 13.2 Å². The van der Waals surface area contributed by atoms with Gasteiger partial charge in [0.1, 0.15) is 0 Å². The molecule has 0 aliphatic heterocycles. The Bertz CT molecular complexity index is 821. The molecule has 0 saturated heterocycles. The second-order valence-corrected chi connectivity index (χ2v) is 5.62. The molecule has 26 heavy (non-hydrogen) atoms. The second kappa shape index (κ2) is 7.12. The number of carboxylic acid groups (broad SMARTS) is 1. The van der Waals surface area contributed by atoms with E-state index in [1.54, 1.807) is 0 Å². The molecular weight excluding hydrogens is 357 g/mol. The summed E-state index contributed by atoms with van der Waals surface area (Å²) in [6.07, 6.45) is -3.43. The molecule has 1 atom stereocenters. The highest BCUT2D eigenvalue weighted by molar-refractivity contribution is 5.96. The lowest BCUT2D eigenvalue weighted by Crippen LogP contribution is -2.55. The molecule has 1 aromatic carbocycles. The number of hydrogen-bond acceptors (Lipinski definition) is 5. The third-order valence-corrected chi connectivity index (χ3v) is 3.46. The number of rotatable bonds is 6. The van der Waals surface area contributed by atoms with Gasteiger partial charge >= 0.3 is 12.1 Å². The van der Waals surface area contributed by atoms with Crippen LogP contribution in [0.25, 0.3) is 5.69 Å². The summed E-state index contributed by atoms with van der Waals surface area (Å²) in [5.41, 5.74) is -2.79. The monoisotopic (exact) mass is 372 g/mol. The van der Waals surface area contributed by atoms with Gasteiger partial charge in [0.2, 0.25) is 0 Å². The molecule has 1 amide bonds. The molecular formula is C15H15F3N4O4. The van der Waals surface area contributed by atoms with E-state index in [-0.39, 0.29) is 18.0 Å². The highest BCUT2D eigenvalue weighted by Crippen LogP contribution is 2.30. The number of carbonyl (C=O) groups is 2. The largest absolute Gasteiger partial charge is 0.479 e. The molecule has 11 heteroatoms. The van der Waals surface area contributed by atoms with Crippen molar-refractivity contribution in [1.82, 2.24) is 20.3 Å². The van der Waals surface area contributed by atoms with E-state index >= 15 is 0 Å². The van der Waals surface area contributed by atoms with Crippen LogP contribution in [-0.2, 0) is 15.7 Å². The normalized spacial score (nSPS) is 13.9. The first kappa shape index (κ1) is 19.4. The molecule has 2 rings (SSSR count). The van der Waals surface area contributed by atoms with E-state index in [4.69, 9.17) is 4.74 Å². The standard InChI is InChI=1S/C15H15F3N4O4/c1-14(8-26-2,13(24)25)19-12(23)11-7-22(21-20-11)10-5-3-4-9(6-10)15(16,17)18/h3-7H,8H2,1-2H3,(H,19,23)(H,24,25). The van der Waals surface area contributed by atoms with Crippen LogP contribution in [0.3, 0.4) is 0 Å². The highest BCUT2D eigenvalue weighted by atomic mass is 19.4. The first-order valence-corrected chi connectivity index (χ1v) is 7.21. The molecule has 1 heterocycles. The molecule has 0 bridgehead atoms. The predicted octanol–water partition coefficient (Wildman–Crippen LogP) is 1.51. The third kappa shape index (κ3) is 4.17. The summed E-state index contributed by atoms with van der Waals surface area (Å²) in [7, 11) is 1.28. The number of nitrogens with one attached hydrogen (secondary N) is 1. The van der Waals surface area contributed by atoms with Crippen molar-refractivity contribution >= 4 is 11.9 Å². The van der Waals surface area contributed by atoms with E-state index in [1.807, 2.05) is 0 Å². The fourth-order valence-corrected chi connectivity index (χ4v) is 2.07. The second-order valence-electron chi connectivity index (χ2n) is 5.62. The van der Waals surface area contributed by atoms with Crippen molar-refractivity contribution in [2.75, 3.05) is 13.7 Å². The first-order chi connectivity index (χ1) is 12.1. The number of aromatic nitrogens is 3. The topological polar surface area (TPSA) is 106 Å². The minimum Gasteiger partial charge on any atom is -0.479 e. The molecule has 0 radical (unpaired) electrons. The number of aliphatic carboxylic acids is 1. The Balaban J connectivity index is 2.24. The molecule has 1 aromatic heterocycles. The fraction of sp³-hybridized carbons (Fsp3) is 0.333. The van der Waals surface area contributed by atoms with E-state index in [0.717, 1.165) is 23.0 Å². The molecule has 1 unspecified atom stereocenters. The van der Waals surface area contributed by atoms with Gasteiger partial charge < -0.3 is 15.2 Å². The SMILES string of the molecule is COCC(C)(NC(=O)c1cn(-c2cccc(C(F)(F)F)c2)nn1)C(=O)O. The van der Waals surface area contributed by atoms with Crippen molar-refractivity contribution in [3.8, 4) is 5.69 Å². The molecule has 0 saturated carbocycles. The molecule has 0 fully saturated rings. The predicted molar refractivity (Wildman–Crippen MR) is 81.7 cm³/mol. The zero-order chi connectivity index (χ0) is 19.5. The number of ether oxygens (including phenoxy) is 1. The Kier molecular flexibility index (Phi) is 5.30. The van der Waals surface area contributed by atoms with Crippen LogP contribution in [-0.4, -0.2) is 51.2 Å². The Hall–Kier alpha value is -2.95. The van der Waals surface area contributed by atoms with Gasteiger partial charge in [-0.1, -0.05) is 11.3 Å². The molecule has 2 aromatic rings. The van der Waals surface area contributed by atoms with Crippen molar-refractivity contribution in [1.29, 1.82) is 0 Å². The van der Waals surface area contributed by atoms with Crippen LogP contribution in [0, 0.1) is 0 Å². The maximum atomic E-state index is 12.8. The first-order valence-electron chi connectivity index (χ1n) is 7.21. The average molecular weight is 372 g/mol. The third-order valence-electron chi connectivity index (χ3n) is 3.46. The molecule has 140 valence electrons. The van der Waals surface area contributed by atoms with Crippen LogP contribution in [0.2, 0.25) is 0 Å². The quantitative estimate of drug-likeness (QED) is 0.796. The summed E-state index contributed by atoms with van der Waals surface area (Å²) in [5, 5.41) is 18.6. The molecule has 8 nitrogen and oxygen atoms in total. The maximum Gasteiger partial charge on any atom is 0.416 e. The van der Waals surface area contributed by atoms with Gasteiger partial charge in [0, 0.05) is 7.11 Å². The Morgan fingerprint density at radius 2 is 2.04 bits per heavy atom. The van der Waals surface area contributed by atoms with Crippen molar-refractivity contribution in [3.05, 3.63) is 41.7 Å². The summed E-state index contributed by atoms with van der Waals surface area (Å²) in [6.45, 7) is 0.948. The minimum atomic E-state index is -4.53. The van der Waals surface area contributed by atoms with Gasteiger partial charge in [0.15, 0.2) is 11.2 Å². The van der Waals surface area contributed by atoms with Gasteiger partial charge in [-0.3, -0.25) is 4.79 Å². The van der Waals surface area contributed by atoms with Gasteiger partial charge in [-0.25, -0.2) is 9.48 Å². The number of alkyl halides is 3. The number of nitrogens with zero attached hydrogens (tertiary/aromatic N) is 3. The van der Waals surface area contributed by atoms with Gasteiger partial charge in [0.05, 0.1) is 24.1 Å². The van der Waals surface area contributed by atoms with Crippen LogP contribution >= 0.6 is 0 Å². The number of halogens is 3. The van der Waals surface area contributed by atoms with Crippen molar-refractivity contribution in [2.45, 2.75) is 18.6 Å². The zero-order valence-corrected chi connectivity index (χ0v) is 13.7. The van der Waals surface area contributed by atoms with Gasteiger partial charge in [-0.2, -0.15) is 13.2 Å². The van der Waals surface area contributed by atoms with Crippen molar-refractivity contribution in [3.63, 3.8) is 0 Å². The smallest absolute Gasteiger partial charge is 0.416 e. The number of carbonyl (C=O) groups excluding carboxylic acids is 1. The van der Waals surface area contributed by atoms with Gasteiger partial charge in [-0.15, -0.1) is 5.10 Å². The van der Waals surface area contributed by atoms with Crippen LogP contribution in [0.15, 0.2) is 30.5 Å². The van der Waals surface area contributed by atoms with E-state index in [9.17, 15) is 27.9 Å². The van der Waals surface area contributed by atoms with E-state index in [0.29, 0.717) is 0 Å². The van der Waals surface area contributed by atoms with E-state index in [2.05, 4.69) is 15.6 Å². The molecule has 2 N–H and O–H groups in total. The fourth-order valence-electron chi connectivity index (χ4n) is 2.07. The number of benzene rings is 1. The van der Waals surface area contributed by atoms with E-state index in [1.165, 1.54) is 26.2 Å². The lowest BCUT2D eigenvalue weighted by molar-refractivity contribution is -0.146. The van der Waals surface area contributed by atoms with Crippen LogP contribution < -0.4 is 5.32 Å². The summed E-state index contributed by atoms with van der Waals surface area (Å²) in [6, 6.07) is 4.30. The van der Waals surface area contributed by atoms with E-state index < -0.39 is 29.2 Å². The van der Waals surface area contributed by atoms with Crippen molar-refractivity contribution in [2.24, 2.45) is 0 Å². The summed E-state index contributed by atoms with van der Waals surface area (Å²) in [4.78, 5) is 23.5. The Morgan fingerprint density at radius 1 is 1.35 bits per heavy atom. The van der Waals surface area contributed by atoms with Crippen molar-refractivity contribution < 1.29 is 32.6 Å². The lowest BCUT2D eigenvalue weighted by Gasteiger charge is -2.24. The Labute approximate surface area is 145 Å². The van der Waals surface area contributed by atoms with Gasteiger partial charge in [0.25, 0.3) is 5.91 Å². The number of methoxy groups -OCH3 is 1.